The van der Waals surface area contributed by atoms with Crippen molar-refractivity contribution in [2.24, 2.45) is 5.92 Å². The van der Waals surface area contributed by atoms with Gasteiger partial charge in [-0.05, 0) is 76.4 Å². The molecule has 0 spiro atoms. The summed E-state index contributed by atoms with van der Waals surface area (Å²) in [5.41, 5.74) is 3.28. The maximum absolute atomic E-state index is 2.40. The second kappa shape index (κ2) is 10.6. The molecule has 0 saturated carbocycles. The molecule has 0 N–H and O–H groups in total. The Kier molecular flexibility index (Phi) is 8.21. The minimum absolute atomic E-state index is 0.886. The Balaban J connectivity index is 1.86. The van der Waals surface area contributed by atoms with E-state index in [1.165, 1.54) is 70.6 Å². The van der Waals surface area contributed by atoms with Crippen molar-refractivity contribution in [2.75, 3.05) is 0 Å². The number of hydrogen-bond acceptors (Lipinski definition) is 2. The second-order valence-electron chi connectivity index (χ2n) is 8.05. The molecule has 3 aromatic rings. The fraction of sp³-hybridized carbons (Fsp3) is 0.600. The topological polar surface area (TPSA) is 0 Å². The number of unbranched alkanes of at least 4 members (excludes halogenated alkanes) is 4. The molecule has 1 unspecified atom stereocenters. The summed E-state index contributed by atoms with van der Waals surface area (Å²) in [6.07, 6.45) is 14.7. The van der Waals surface area contributed by atoms with Crippen molar-refractivity contribution in [1.29, 1.82) is 0 Å². The molecule has 0 amide bonds. The number of hydrogen-bond donors (Lipinski definition) is 0. The van der Waals surface area contributed by atoms with Gasteiger partial charge in [0.1, 0.15) is 0 Å². The van der Waals surface area contributed by atoms with Crippen LogP contribution in [0, 0.1) is 5.92 Å². The van der Waals surface area contributed by atoms with Crippen molar-refractivity contribution < 1.29 is 0 Å². The highest BCUT2D eigenvalue weighted by molar-refractivity contribution is 7.19. The van der Waals surface area contributed by atoms with Gasteiger partial charge in [-0.25, -0.2) is 0 Å². The van der Waals surface area contributed by atoms with Crippen LogP contribution in [-0.4, -0.2) is 0 Å². The van der Waals surface area contributed by atoms with Crippen molar-refractivity contribution in [1.82, 2.24) is 0 Å². The Morgan fingerprint density at radius 1 is 0.704 bits per heavy atom. The van der Waals surface area contributed by atoms with Gasteiger partial charge in [-0.1, -0.05) is 65.7 Å². The standard InChI is InChI=1S/C25H36S2/c1-4-7-8-9-10-12-20-22-15-17-27-25(22)21(23-16-18-26-24(20)23)14-13-19(6-3)11-5-2/h15-19H,4-14H2,1-3H3. The fourth-order valence-electron chi connectivity index (χ4n) is 4.52. The summed E-state index contributed by atoms with van der Waals surface area (Å²) in [4.78, 5) is 0. The molecule has 2 aromatic heterocycles. The lowest BCUT2D eigenvalue weighted by Gasteiger charge is -2.16. The van der Waals surface area contributed by atoms with Gasteiger partial charge in [0.25, 0.3) is 0 Å². The van der Waals surface area contributed by atoms with Gasteiger partial charge in [-0.2, -0.15) is 0 Å². The predicted octanol–water partition coefficient (Wildman–Crippen LogP) is 9.39. The summed E-state index contributed by atoms with van der Waals surface area (Å²) < 4.78 is 3.16. The molecule has 0 radical (unpaired) electrons. The van der Waals surface area contributed by atoms with Gasteiger partial charge in [0.15, 0.2) is 0 Å². The van der Waals surface area contributed by atoms with E-state index in [1.54, 1.807) is 31.3 Å². The molecule has 148 valence electrons. The zero-order valence-electron chi connectivity index (χ0n) is 17.5. The average Bonchev–Trinajstić information content (AvgIpc) is 3.35. The van der Waals surface area contributed by atoms with Gasteiger partial charge >= 0.3 is 0 Å². The summed E-state index contributed by atoms with van der Waals surface area (Å²) in [7, 11) is 0. The third-order valence-electron chi connectivity index (χ3n) is 6.14. The first kappa shape index (κ1) is 20.9. The van der Waals surface area contributed by atoms with Crippen molar-refractivity contribution >= 4 is 42.8 Å². The van der Waals surface area contributed by atoms with Crippen LogP contribution >= 0.6 is 22.7 Å². The monoisotopic (exact) mass is 400 g/mol. The lowest BCUT2D eigenvalue weighted by Crippen LogP contribution is -2.01. The van der Waals surface area contributed by atoms with Gasteiger partial charge < -0.3 is 0 Å². The van der Waals surface area contributed by atoms with E-state index < -0.39 is 0 Å². The van der Waals surface area contributed by atoms with Gasteiger partial charge in [0, 0.05) is 9.40 Å². The van der Waals surface area contributed by atoms with Crippen molar-refractivity contribution in [2.45, 2.75) is 91.4 Å². The van der Waals surface area contributed by atoms with Crippen LogP contribution < -0.4 is 0 Å². The van der Waals surface area contributed by atoms with Gasteiger partial charge in [-0.3, -0.25) is 0 Å². The molecular weight excluding hydrogens is 364 g/mol. The van der Waals surface area contributed by atoms with E-state index in [9.17, 15) is 0 Å². The zero-order valence-corrected chi connectivity index (χ0v) is 19.1. The molecule has 2 heteroatoms. The first-order valence-corrected chi connectivity index (χ1v) is 12.9. The molecule has 0 fully saturated rings. The molecule has 0 aliphatic heterocycles. The lowest BCUT2D eigenvalue weighted by atomic mass is 9.90. The van der Waals surface area contributed by atoms with E-state index in [-0.39, 0.29) is 0 Å². The molecule has 0 bridgehead atoms. The number of fused-ring (bicyclic) bond motifs is 2. The molecule has 0 aliphatic carbocycles. The third-order valence-corrected chi connectivity index (χ3v) is 8.08. The SMILES string of the molecule is CCCCCCCc1c2ccsc2c(CCC(CC)CCC)c2ccsc12. The molecule has 27 heavy (non-hydrogen) atoms. The Morgan fingerprint density at radius 2 is 1.33 bits per heavy atom. The molecule has 0 nitrogen and oxygen atoms in total. The molecule has 0 aliphatic rings. The number of benzene rings is 1. The van der Waals surface area contributed by atoms with E-state index in [2.05, 4.69) is 43.7 Å². The van der Waals surface area contributed by atoms with Crippen molar-refractivity contribution in [3.05, 3.63) is 34.0 Å². The van der Waals surface area contributed by atoms with Crippen LogP contribution in [0.15, 0.2) is 22.9 Å². The molecule has 1 atom stereocenters. The maximum atomic E-state index is 2.40. The zero-order chi connectivity index (χ0) is 19.1. The average molecular weight is 401 g/mol. The summed E-state index contributed by atoms with van der Waals surface area (Å²) >= 11 is 3.94. The van der Waals surface area contributed by atoms with Crippen molar-refractivity contribution in [3.8, 4) is 0 Å². The van der Waals surface area contributed by atoms with Crippen LogP contribution in [0.1, 0.15) is 89.7 Å². The quantitative estimate of drug-likeness (QED) is 0.266. The first-order valence-electron chi connectivity index (χ1n) is 11.2. The highest BCUT2D eigenvalue weighted by Crippen LogP contribution is 2.40. The highest BCUT2D eigenvalue weighted by atomic mass is 32.1. The first-order chi connectivity index (χ1) is 13.3. The minimum Gasteiger partial charge on any atom is -0.143 e. The summed E-state index contributed by atoms with van der Waals surface area (Å²) in [5.74, 6) is 0.886. The number of thiophene rings is 2. The Morgan fingerprint density at radius 3 is 1.93 bits per heavy atom. The lowest BCUT2D eigenvalue weighted by molar-refractivity contribution is 0.433. The smallest absolute Gasteiger partial charge is 0.0384 e. The highest BCUT2D eigenvalue weighted by Gasteiger charge is 2.17. The second-order valence-corrected chi connectivity index (χ2v) is 9.88. The minimum atomic E-state index is 0.886. The van der Waals surface area contributed by atoms with E-state index in [0.29, 0.717) is 0 Å². The van der Waals surface area contributed by atoms with E-state index in [0.717, 1.165) is 5.92 Å². The Hall–Kier alpha value is -0.860. The summed E-state index contributed by atoms with van der Waals surface area (Å²) in [6, 6.07) is 4.79. The summed E-state index contributed by atoms with van der Waals surface area (Å²) in [5, 5.41) is 7.76. The predicted molar refractivity (Wildman–Crippen MR) is 127 cm³/mol. The van der Waals surface area contributed by atoms with E-state index >= 15 is 0 Å². The van der Waals surface area contributed by atoms with E-state index in [4.69, 9.17) is 0 Å². The molecular formula is C25H36S2. The van der Waals surface area contributed by atoms with Crippen LogP contribution in [0.4, 0.5) is 0 Å². The largest absolute Gasteiger partial charge is 0.143 e. The maximum Gasteiger partial charge on any atom is 0.0384 e. The van der Waals surface area contributed by atoms with Gasteiger partial charge in [0.2, 0.25) is 0 Å². The third kappa shape index (κ3) is 4.95. The van der Waals surface area contributed by atoms with Gasteiger partial charge in [-0.15, -0.1) is 22.7 Å². The summed E-state index contributed by atoms with van der Waals surface area (Å²) in [6.45, 7) is 6.99. The molecule has 3 rings (SSSR count). The van der Waals surface area contributed by atoms with Gasteiger partial charge in [0.05, 0.1) is 0 Å². The van der Waals surface area contributed by atoms with Crippen LogP contribution in [0.3, 0.4) is 0 Å². The number of rotatable bonds is 12. The normalized spacial score (nSPS) is 13.0. The Labute approximate surface area is 174 Å². The van der Waals surface area contributed by atoms with E-state index in [1.807, 2.05) is 22.7 Å². The fourth-order valence-corrected chi connectivity index (χ4v) is 6.54. The van der Waals surface area contributed by atoms with Crippen LogP contribution in [0.25, 0.3) is 20.2 Å². The van der Waals surface area contributed by atoms with Crippen LogP contribution in [0.2, 0.25) is 0 Å². The molecule has 2 heterocycles. The van der Waals surface area contributed by atoms with Crippen molar-refractivity contribution in [3.63, 3.8) is 0 Å². The molecule has 1 aromatic carbocycles. The molecule has 0 saturated heterocycles. The Bertz CT molecular complexity index is 772. The number of aryl methyl sites for hydroxylation is 2. The van der Waals surface area contributed by atoms with Crippen LogP contribution in [-0.2, 0) is 12.8 Å². The van der Waals surface area contributed by atoms with Crippen LogP contribution in [0.5, 0.6) is 0 Å².